The molecule has 4 nitrogen and oxygen atoms in total. The van der Waals surface area contributed by atoms with E-state index in [1.165, 1.54) is 0 Å². The van der Waals surface area contributed by atoms with Gasteiger partial charge in [-0.1, -0.05) is 36.4 Å². The summed E-state index contributed by atoms with van der Waals surface area (Å²) in [5, 5.41) is 2.19. The largest absolute Gasteiger partial charge is 0.379 e. The summed E-state index contributed by atoms with van der Waals surface area (Å²) in [6, 6.07) is 14.1. The zero-order chi connectivity index (χ0) is 14.9. The Balaban J connectivity index is 2.04. The summed E-state index contributed by atoms with van der Waals surface area (Å²) in [4.78, 5) is 14.6. The Kier molecular flexibility index (Phi) is 3.66. The summed E-state index contributed by atoms with van der Waals surface area (Å²) >= 11 is 0. The number of hydrogen-bond acceptors (Lipinski definition) is 3. The van der Waals surface area contributed by atoms with Gasteiger partial charge in [-0.3, -0.25) is 4.79 Å². The van der Waals surface area contributed by atoms with Gasteiger partial charge in [-0.15, -0.1) is 0 Å². The normalized spacial score (nSPS) is 21.6. The predicted octanol–water partition coefficient (Wildman–Crippen LogP) is 2.31. The van der Waals surface area contributed by atoms with E-state index in [2.05, 4.69) is 0 Å². The fraction of sp³-hybridized carbons (Fsp3) is 0.353. The number of fused-ring (bicyclic) bond motifs is 1. The van der Waals surface area contributed by atoms with Gasteiger partial charge in [0.1, 0.15) is 5.54 Å². The van der Waals surface area contributed by atoms with E-state index >= 15 is 0 Å². The van der Waals surface area contributed by atoms with Gasteiger partial charge in [-0.05, 0) is 24.8 Å². The lowest BCUT2D eigenvalue weighted by Gasteiger charge is -2.30. The van der Waals surface area contributed by atoms with E-state index in [1.807, 2.05) is 49.4 Å². The number of rotatable bonds is 3. The lowest BCUT2D eigenvalue weighted by atomic mass is 9.97. The Morgan fingerprint density at radius 1 is 1.29 bits per heavy atom. The van der Waals surface area contributed by atoms with Crippen LogP contribution in [-0.2, 0) is 9.53 Å². The molecule has 3 rings (SSSR count). The minimum absolute atomic E-state index is 0.0566. The third kappa shape index (κ3) is 2.41. The van der Waals surface area contributed by atoms with Gasteiger partial charge < -0.3 is 15.4 Å². The smallest absolute Gasteiger partial charge is 0.249 e. The molecule has 0 spiro atoms. The summed E-state index contributed by atoms with van der Waals surface area (Å²) < 4.78 is 5.33. The van der Waals surface area contributed by atoms with E-state index in [0.717, 1.165) is 16.5 Å². The highest BCUT2D eigenvalue weighted by Gasteiger charge is 2.41. The molecular weight excluding hydrogens is 264 g/mol. The van der Waals surface area contributed by atoms with Crippen LogP contribution in [0, 0.1) is 0 Å². The summed E-state index contributed by atoms with van der Waals surface area (Å²) in [5.74, 6) is -0.0566. The van der Waals surface area contributed by atoms with Crippen LogP contribution in [0.3, 0.4) is 0 Å². The molecule has 1 unspecified atom stereocenters. The van der Waals surface area contributed by atoms with Gasteiger partial charge in [0.2, 0.25) is 5.91 Å². The maximum Gasteiger partial charge on any atom is 0.249 e. The molecular formula is C17H20N2O2. The van der Waals surface area contributed by atoms with Crippen LogP contribution in [0.25, 0.3) is 10.8 Å². The van der Waals surface area contributed by atoms with Crippen molar-refractivity contribution in [3.63, 3.8) is 0 Å². The molecule has 2 N–H and O–H groups in total. The second-order valence-corrected chi connectivity index (χ2v) is 5.51. The number of amides is 1. The number of ether oxygens (including phenoxy) is 1. The van der Waals surface area contributed by atoms with Crippen LogP contribution in [0.4, 0.5) is 5.69 Å². The molecule has 21 heavy (non-hydrogen) atoms. The molecule has 1 aliphatic rings. The van der Waals surface area contributed by atoms with Gasteiger partial charge in [0.15, 0.2) is 0 Å². The van der Waals surface area contributed by atoms with Crippen molar-refractivity contribution < 1.29 is 9.53 Å². The Labute approximate surface area is 124 Å². The molecule has 0 saturated carbocycles. The monoisotopic (exact) mass is 284 g/mol. The van der Waals surface area contributed by atoms with E-state index in [9.17, 15) is 4.79 Å². The third-order valence-electron chi connectivity index (χ3n) is 4.10. The first kappa shape index (κ1) is 14.0. The Morgan fingerprint density at radius 2 is 2.05 bits per heavy atom. The zero-order valence-corrected chi connectivity index (χ0v) is 12.2. The van der Waals surface area contributed by atoms with E-state index in [0.29, 0.717) is 26.2 Å². The molecule has 1 aliphatic heterocycles. The van der Waals surface area contributed by atoms with Crippen molar-refractivity contribution >= 4 is 22.4 Å². The first-order valence-electron chi connectivity index (χ1n) is 7.32. The van der Waals surface area contributed by atoms with Gasteiger partial charge in [0.25, 0.3) is 0 Å². The van der Waals surface area contributed by atoms with Crippen LogP contribution in [0.1, 0.15) is 13.3 Å². The molecule has 2 aromatic rings. The minimum atomic E-state index is -0.896. The Morgan fingerprint density at radius 3 is 2.76 bits per heavy atom. The zero-order valence-electron chi connectivity index (χ0n) is 12.2. The van der Waals surface area contributed by atoms with Crippen LogP contribution < -0.4 is 10.6 Å². The number of likely N-dealkylation sites (N-methyl/N-ethyl adjacent to an activating group) is 1. The van der Waals surface area contributed by atoms with Gasteiger partial charge in [0, 0.05) is 18.5 Å². The highest BCUT2D eigenvalue weighted by molar-refractivity contribution is 6.07. The van der Waals surface area contributed by atoms with Gasteiger partial charge >= 0.3 is 0 Å². The van der Waals surface area contributed by atoms with Crippen LogP contribution in [-0.4, -0.2) is 31.2 Å². The van der Waals surface area contributed by atoms with Crippen LogP contribution in [0.2, 0.25) is 0 Å². The molecule has 1 heterocycles. The Bertz CT molecular complexity index is 657. The average Bonchev–Trinajstić information content (AvgIpc) is 2.96. The van der Waals surface area contributed by atoms with Crippen molar-refractivity contribution in [2.75, 3.05) is 24.7 Å². The number of anilines is 1. The molecule has 0 aliphatic carbocycles. The number of carbonyl (C=O) groups excluding carboxylic acids is 1. The molecule has 1 fully saturated rings. The third-order valence-corrected chi connectivity index (χ3v) is 4.10. The second kappa shape index (κ2) is 5.47. The van der Waals surface area contributed by atoms with Crippen LogP contribution in [0.15, 0.2) is 42.5 Å². The van der Waals surface area contributed by atoms with Gasteiger partial charge in [-0.2, -0.15) is 0 Å². The molecule has 110 valence electrons. The fourth-order valence-corrected chi connectivity index (χ4v) is 2.89. The standard InChI is InChI=1S/C17H20N2O2/c1-2-19(16(20)17(18)10-11-21-12-17)15-9-5-7-13-6-3-4-8-14(13)15/h3-9H,2,10-12,18H2,1H3. The van der Waals surface area contributed by atoms with Crippen molar-refractivity contribution in [3.8, 4) is 0 Å². The van der Waals surface area contributed by atoms with E-state index in [-0.39, 0.29) is 5.91 Å². The molecule has 0 bridgehead atoms. The first-order valence-corrected chi connectivity index (χ1v) is 7.32. The molecule has 2 aromatic carbocycles. The predicted molar refractivity (Wildman–Crippen MR) is 84.3 cm³/mol. The lowest BCUT2D eigenvalue weighted by molar-refractivity contribution is -0.123. The number of hydrogen-bond donors (Lipinski definition) is 1. The van der Waals surface area contributed by atoms with Crippen molar-refractivity contribution in [2.45, 2.75) is 18.9 Å². The lowest BCUT2D eigenvalue weighted by Crippen LogP contribution is -2.56. The maximum absolute atomic E-state index is 12.9. The molecule has 0 aromatic heterocycles. The number of nitrogens with two attached hydrogens (primary N) is 1. The summed E-state index contributed by atoms with van der Waals surface area (Å²) in [6.45, 7) is 3.41. The summed E-state index contributed by atoms with van der Waals surface area (Å²) in [7, 11) is 0. The highest BCUT2D eigenvalue weighted by atomic mass is 16.5. The molecule has 1 saturated heterocycles. The Hall–Kier alpha value is -1.91. The van der Waals surface area contributed by atoms with Crippen LogP contribution in [0.5, 0.6) is 0 Å². The van der Waals surface area contributed by atoms with Crippen molar-refractivity contribution in [2.24, 2.45) is 5.73 Å². The van der Waals surface area contributed by atoms with E-state index < -0.39 is 5.54 Å². The number of nitrogens with zero attached hydrogens (tertiary/aromatic N) is 1. The second-order valence-electron chi connectivity index (χ2n) is 5.51. The number of benzene rings is 2. The topological polar surface area (TPSA) is 55.6 Å². The average molecular weight is 284 g/mol. The first-order chi connectivity index (χ1) is 10.2. The van der Waals surface area contributed by atoms with Crippen molar-refractivity contribution in [3.05, 3.63) is 42.5 Å². The van der Waals surface area contributed by atoms with Crippen LogP contribution >= 0.6 is 0 Å². The van der Waals surface area contributed by atoms with Gasteiger partial charge in [-0.25, -0.2) is 0 Å². The van der Waals surface area contributed by atoms with Crippen molar-refractivity contribution in [1.82, 2.24) is 0 Å². The molecule has 0 radical (unpaired) electrons. The maximum atomic E-state index is 12.9. The highest BCUT2D eigenvalue weighted by Crippen LogP contribution is 2.29. The van der Waals surface area contributed by atoms with E-state index in [1.54, 1.807) is 4.90 Å². The summed E-state index contributed by atoms with van der Waals surface area (Å²) in [6.07, 6.45) is 0.576. The quantitative estimate of drug-likeness (QED) is 0.941. The molecule has 4 heteroatoms. The fourth-order valence-electron chi connectivity index (χ4n) is 2.89. The minimum Gasteiger partial charge on any atom is -0.379 e. The van der Waals surface area contributed by atoms with Crippen molar-refractivity contribution in [1.29, 1.82) is 0 Å². The van der Waals surface area contributed by atoms with Gasteiger partial charge in [0.05, 0.1) is 12.3 Å². The number of carbonyl (C=O) groups is 1. The molecule has 1 amide bonds. The summed E-state index contributed by atoms with van der Waals surface area (Å²) in [5.41, 5.74) is 6.26. The molecule has 1 atom stereocenters. The SMILES string of the molecule is CCN(C(=O)C1(N)CCOC1)c1cccc2ccccc12. The van der Waals surface area contributed by atoms with E-state index in [4.69, 9.17) is 10.5 Å².